The minimum absolute atomic E-state index is 0.00230. The Bertz CT molecular complexity index is 692. The molecule has 5 heteroatoms. The van der Waals surface area contributed by atoms with Crippen molar-refractivity contribution in [2.45, 2.75) is 50.8 Å². The lowest BCUT2D eigenvalue weighted by molar-refractivity contribution is -0.136. The lowest BCUT2D eigenvalue weighted by atomic mass is 9.86. The van der Waals surface area contributed by atoms with Crippen molar-refractivity contribution in [2.24, 2.45) is 0 Å². The SMILES string of the molecule is CC(C)(C)c1ccc(C(=O)N2CC[C@@]34OCCN3C(=O)C[C@@H]24)cc1. The molecular formula is C19H24N2O3. The summed E-state index contributed by atoms with van der Waals surface area (Å²) in [7, 11) is 0. The molecule has 24 heavy (non-hydrogen) atoms. The molecular weight excluding hydrogens is 304 g/mol. The molecule has 3 saturated heterocycles. The van der Waals surface area contributed by atoms with Crippen molar-refractivity contribution in [3.8, 4) is 0 Å². The summed E-state index contributed by atoms with van der Waals surface area (Å²) in [5.41, 5.74) is 1.40. The van der Waals surface area contributed by atoms with Gasteiger partial charge >= 0.3 is 0 Å². The lowest BCUT2D eigenvalue weighted by Gasteiger charge is -2.31. The highest BCUT2D eigenvalue weighted by Crippen LogP contribution is 2.45. The summed E-state index contributed by atoms with van der Waals surface area (Å²) in [6.45, 7) is 8.34. The summed E-state index contributed by atoms with van der Waals surface area (Å²) in [6, 6.07) is 7.70. The average Bonchev–Trinajstić information content (AvgIpc) is 3.17. The van der Waals surface area contributed by atoms with Crippen molar-refractivity contribution in [1.29, 1.82) is 0 Å². The number of rotatable bonds is 1. The molecule has 3 aliphatic rings. The Labute approximate surface area is 142 Å². The van der Waals surface area contributed by atoms with Crippen LogP contribution < -0.4 is 0 Å². The first-order valence-electron chi connectivity index (χ1n) is 8.69. The molecule has 1 spiro atoms. The van der Waals surface area contributed by atoms with Crippen LogP contribution in [0.5, 0.6) is 0 Å². The number of amides is 2. The van der Waals surface area contributed by atoms with Gasteiger partial charge in [0.15, 0.2) is 5.72 Å². The van der Waals surface area contributed by atoms with Gasteiger partial charge in [-0.05, 0) is 23.1 Å². The second-order valence-electron chi connectivity index (χ2n) is 8.03. The van der Waals surface area contributed by atoms with Crippen molar-refractivity contribution in [1.82, 2.24) is 9.80 Å². The van der Waals surface area contributed by atoms with Gasteiger partial charge in [0.2, 0.25) is 5.91 Å². The maximum absolute atomic E-state index is 13.0. The fourth-order valence-corrected chi connectivity index (χ4v) is 4.31. The third kappa shape index (κ3) is 2.10. The molecule has 1 aromatic rings. The number of likely N-dealkylation sites (tertiary alicyclic amines) is 1. The highest BCUT2D eigenvalue weighted by atomic mass is 16.5. The van der Waals surface area contributed by atoms with E-state index in [0.29, 0.717) is 31.7 Å². The van der Waals surface area contributed by atoms with Gasteiger partial charge in [0.25, 0.3) is 5.91 Å². The van der Waals surface area contributed by atoms with E-state index >= 15 is 0 Å². The van der Waals surface area contributed by atoms with E-state index in [1.807, 2.05) is 34.1 Å². The van der Waals surface area contributed by atoms with E-state index in [9.17, 15) is 9.59 Å². The van der Waals surface area contributed by atoms with Crippen LogP contribution in [-0.2, 0) is 14.9 Å². The summed E-state index contributed by atoms with van der Waals surface area (Å²) in [6.07, 6.45) is 1.10. The molecule has 0 N–H and O–H groups in total. The second-order valence-corrected chi connectivity index (χ2v) is 8.03. The van der Waals surface area contributed by atoms with Gasteiger partial charge in [0.1, 0.15) is 0 Å². The van der Waals surface area contributed by atoms with Crippen molar-refractivity contribution >= 4 is 11.8 Å². The summed E-state index contributed by atoms with van der Waals surface area (Å²) < 4.78 is 5.95. The monoisotopic (exact) mass is 328 g/mol. The molecule has 5 nitrogen and oxygen atoms in total. The second kappa shape index (κ2) is 5.06. The van der Waals surface area contributed by atoms with Crippen LogP contribution in [0.15, 0.2) is 24.3 Å². The van der Waals surface area contributed by atoms with Gasteiger partial charge in [0.05, 0.1) is 19.1 Å². The molecule has 0 saturated carbocycles. The molecule has 0 unspecified atom stereocenters. The number of ether oxygens (including phenoxy) is 1. The fourth-order valence-electron chi connectivity index (χ4n) is 4.31. The Morgan fingerprint density at radius 2 is 1.92 bits per heavy atom. The first-order chi connectivity index (χ1) is 11.3. The van der Waals surface area contributed by atoms with Gasteiger partial charge in [-0.15, -0.1) is 0 Å². The van der Waals surface area contributed by atoms with Gasteiger partial charge in [-0.25, -0.2) is 0 Å². The molecule has 0 aliphatic carbocycles. The van der Waals surface area contributed by atoms with Gasteiger partial charge < -0.3 is 14.5 Å². The Kier molecular flexibility index (Phi) is 3.29. The van der Waals surface area contributed by atoms with Crippen LogP contribution in [0.1, 0.15) is 49.5 Å². The topological polar surface area (TPSA) is 49.9 Å². The highest BCUT2D eigenvalue weighted by molar-refractivity contribution is 5.96. The largest absolute Gasteiger partial charge is 0.351 e. The molecule has 2 amide bonds. The smallest absolute Gasteiger partial charge is 0.254 e. The molecule has 2 atom stereocenters. The minimum atomic E-state index is -0.557. The zero-order valence-electron chi connectivity index (χ0n) is 14.5. The van der Waals surface area contributed by atoms with Crippen LogP contribution in [0, 0.1) is 0 Å². The van der Waals surface area contributed by atoms with E-state index in [1.54, 1.807) is 0 Å². The first-order valence-corrected chi connectivity index (χ1v) is 8.69. The molecule has 0 bridgehead atoms. The molecule has 0 aromatic heterocycles. The predicted molar refractivity (Wildman–Crippen MR) is 89.6 cm³/mol. The zero-order chi connectivity index (χ0) is 17.1. The van der Waals surface area contributed by atoms with E-state index < -0.39 is 5.72 Å². The van der Waals surface area contributed by atoms with Crippen LogP contribution >= 0.6 is 0 Å². The van der Waals surface area contributed by atoms with E-state index in [0.717, 1.165) is 6.42 Å². The number of carbonyl (C=O) groups excluding carboxylic acids is 2. The molecule has 128 valence electrons. The molecule has 3 fully saturated rings. The quantitative estimate of drug-likeness (QED) is 0.794. The average molecular weight is 328 g/mol. The van der Waals surface area contributed by atoms with Crippen LogP contribution in [0.25, 0.3) is 0 Å². The van der Waals surface area contributed by atoms with Crippen molar-refractivity contribution < 1.29 is 14.3 Å². The number of benzene rings is 1. The van der Waals surface area contributed by atoms with Gasteiger partial charge in [0, 0.05) is 25.1 Å². The van der Waals surface area contributed by atoms with Crippen LogP contribution in [0.3, 0.4) is 0 Å². The van der Waals surface area contributed by atoms with Crippen LogP contribution in [-0.4, -0.2) is 53.1 Å². The number of hydrogen-bond donors (Lipinski definition) is 0. The van der Waals surface area contributed by atoms with E-state index in [2.05, 4.69) is 20.8 Å². The van der Waals surface area contributed by atoms with Crippen molar-refractivity contribution in [3.63, 3.8) is 0 Å². The van der Waals surface area contributed by atoms with Crippen LogP contribution in [0.2, 0.25) is 0 Å². The summed E-state index contributed by atoms with van der Waals surface area (Å²) in [5, 5.41) is 0. The maximum Gasteiger partial charge on any atom is 0.254 e. The van der Waals surface area contributed by atoms with Crippen molar-refractivity contribution in [3.05, 3.63) is 35.4 Å². The molecule has 0 radical (unpaired) electrons. The Morgan fingerprint density at radius 3 is 2.58 bits per heavy atom. The normalized spacial score (nSPS) is 29.1. The number of hydrogen-bond acceptors (Lipinski definition) is 3. The molecule has 1 aromatic carbocycles. The summed E-state index contributed by atoms with van der Waals surface area (Å²) in [5.74, 6) is 0.112. The van der Waals surface area contributed by atoms with E-state index in [4.69, 9.17) is 4.74 Å². The minimum Gasteiger partial charge on any atom is -0.351 e. The summed E-state index contributed by atoms with van der Waals surface area (Å²) >= 11 is 0. The fraction of sp³-hybridized carbons (Fsp3) is 0.579. The zero-order valence-corrected chi connectivity index (χ0v) is 14.5. The molecule has 3 aliphatic heterocycles. The first kappa shape index (κ1) is 15.6. The Morgan fingerprint density at radius 1 is 1.21 bits per heavy atom. The maximum atomic E-state index is 13.0. The standard InChI is InChI=1S/C19H24N2O3/c1-18(2,3)14-6-4-13(5-7-14)17(23)20-9-8-19-15(20)12-16(22)21(19)10-11-24-19/h4-7,15H,8-12H2,1-3H3/t15-,19+/m1/s1. The third-order valence-corrected chi connectivity index (χ3v) is 5.66. The molecule has 3 heterocycles. The van der Waals surface area contributed by atoms with Gasteiger partial charge in [-0.1, -0.05) is 32.9 Å². The van der Waals surface area contributed by atoms with Gasteiger partial charge in [-0.2, -0.15) is 0 Å². The number of nitrogens with zero attached hydrogens (tertiary/aromatic N) is 2. The highest BCUT2D eigenvalue weighted by Gasteiger charge is 2.62. The Balaban J connectivity index is 1.59. The molecule has 4 rings (SSSR count). The van der Waals surface area contributed by atoms with Gasteiger partial charge in [-0.3, -0.25) is 9.59 Å². The van der Waals surface area contributed by atoms with E-state index in [1.165, 1.54) is 5.56 Å². The predicted octanol–water partition coefficient (Wildman–Crippen LogP) is 2.16. The van der Waals surface area contributed by atoms with E-state index in [-0.39, 0.29) is 23.3 Å². The number of carbonyl (C=O) groups is 2. The Hall–Kier alpha value is -1.88. The van der Waals surface area contributed by atoms with Crippen molar-refractivity contribution in [2.75, 3.05) is 19.7 Å². The lowest BCUT2D eigenvalue weighted by Crippen LogP contribution is -2.48. The van der Waals surface area contributed by atoms with Crippen LogP contribution in [0.4, 0.5) is 0 Å². The third-order valence-electron chi connectivity index (χ3n) is 5.66. The summed E-state index contributed by atoms with van der Waals surface area (Å²) in [4.78, 5) is 28.9.